The molecule has 0 saturated carbocycles. The molecule has 0 bridgehead atoms. The molecule has 9 nitrogen and oxygen atoms in total. The molecule has 214 valence electrons. The van der Waals surface area contributed by atoms with Crippen LogP contribution in [0, 0.1) is 0 Å². The lowest BCUT2D eigenvalue weighted by atomic mass is 9.95. The quantitative estimate of drug-likeness (QED) is 0.411. The van der Waals surface area contributed by atoms with Crippen molar-refractivity contribution in [2.45, 2.75) is 36.7 Å². The predicted octanol–water partition coefficient (Wildman–Crippen LogP) is 3.96. The minimum Gasteiger partial charge on any atom is -0.493 e. The van der Waals surface area contributed by atoms with Crippen LogP contribution in [0.25, 0.3) is 0 Å². The fraction of sp³-hybridized carbons (Fsp3) is 0.276. The van der Waals surface area contributed by atoms with Crippen LogP contribution in [0.15, 0.2) is 53.4 Å². The molecule has 0 fully saturated rings. The van der Waals surface area contributed by atoms with Crippen LogP contribution < -0.4 is 10.1 Å². The van der Waals surface area contributed by atoms with Crippen molar-refractivity contribution in [2.75, 3.05) is 19.4 Å². The number of halogens is 2. The van der Waals surface area contributed by atoms with Crippen LogP contribution >= 0.6 is 23.2 Å². The normalized spacial score (nSPS) is 15.0. The molecule has 0 radical (unpaired) electrons. The van der Waals surface area contributed by atoms with Gasteiger partial charge in [-0.1, -0.05) is 41.4 Å². The van der Waals surface area contributed by atoms with Crippen molar-refractivity contribution in [3.63, 3.8) is 0 Å². The molecular weight excluding hydrogens is 591 g/mol. The van der Waals surface area contributed by atoms with Crippen molar-refractivity contribution >= 4 is 50.8 Å². The molecule has 5 rings (SSSR count). The van der Waals surface area contributed by atoms with Gasteiger partial charge in [0.2, 0.25) is 0 Å². The first kappa shape index (κ1) is 28.9. The van der Waals surface area contributed by atoms with Crippen LogP contribution in [0.4, 0.5) is 0 Å². The first-order chi connectivity index (χ1) is 19.4. The third kappa shape index (κ3) is 6.05. The number of sulfone groups is 1. The number of nitrogens with zero attached hydrogens (tertiary/aromatic N) is 1. The Morgan fingerprint density at radius 1 is 1.07 bits per heavy atom. The monoisotopic (exact) mass is 616 g/mol. The van der Waals surface area contributed by atoms with Gasteiger partial charge in [-0.2, -0.15) is 0 Å². The number of benzene rings is 3. The number of hydrogen-bond acceptors (Lipinski definition) is 6. The van der Waals surface area contributed by atoms with Gasteiger partial charge in [0.25, 0.3) is 11.8 Å². The van der Waals surface area contributed by atoms with E-state index in [2.05, 4.69) is 5.32 Å². The van der Waals surface area contributed by atoms with Crippen molar-refractivity contribution in [2.24, 2.45) is 0 Å². The molecule has 2 heterocycles. The zero-order chi connectivity index (χ0) is 29.5. The Morgan fingerprint density at radius 2 is 1.85 bits per heavy atom. The van der Waals surface area contributed by atoms with E-state index < -0.39 is 27.8 Å². The molecule has 0 aliphatic carbocycles. The highest BCUT2D eigenvalue weighted by atomic mass is 35.5. The summed E-state index contributed by atoms with van der Waals surface area (Å²) in [5.74, 6) is -1.52. The van der Waals surface area contributed by atoms with Crippen LogP contribution in [-0.4, -0.2) is 61.7 Å². The fourth-order valence-corrected chi connectivity index (χ4v) is 6.54. The average Bonchev–Trinajstić information content (AvgIpc) is 3.39. The van der Waals surface area contributed by atoms with Crippen LogP contribution in [0.3, 0.4) is 0 Å². The fourth-order valence-electron chi connectivity index (χ4n) is 5.08. The van der Waals surface area contributed by atoms with Gasteiger partial charge in [-0.05, 0) is 59.0 Å². The summed E-state index contributed by atoms with van der Waals surface area (Å²) in [6, 6.07) is 11.5. The molecule has 12 heteroatoms. The number of carbonyl (C=O) groups excluding carboxylic acids is 2. The maximum absolute atomic E-state index is 13.2. The molecule has 1 atom stereocenters. The summed E-state index contributed by atoms with van der Waals surface area (Å²) in [6.45, 7) is 1.20. The molecular formula is C29H26Cl2N2O7S. The largest absolute Gasteiger partial charge is 0.493 e. The zero-order valence-electron chi connectivity index (χ0n) is 21.9. The predicted molar refractivity (Wildman–Crippen MR) is 153 cm³/mol. The van der Waals surface area contributed by atoms with Gasteiger partial charge >= 0.3 is 5.97 Å². The van der Waals surface area contributed by atoms with E-state index in [0.717, 1.165) is 24.0 Å². The smallest absolute Gasteiger partial charge is 0.326 e. The minimum atomic E-state index is -3.50. The number of ether oxygens (including phenoxy) is 1. The van der Waals surface area contributed by atoms with E-state index in [-0.39, 0.29) is 39.4 Å². The van der Waals surface area contributed by atoms with E-state index in [0.29, 0.717) is 41.8 Å². The Balaban J connectivity index is 1.34. The molecule has 0 spiro atoms. The maximum atomic E-state index is 13.2. The third-order valence-electron chi connectivity index (χ3n) is 7.23. The number of amides is 2. The Morgan fingerprint density at radius 3 is 2.59 bits per heavy atom. The lowest BCUT2D eigenvalue weighted by Crippen LogP contribution is -2.42. The number of hydrogen-bond donors (Lipinski definition) is 2. The van der Waals surface area contributed by atoms with Crippen molar-refractivity contribution in [1.82, 2.24) is 10.2 Å². The van der Waals surface area contributed by atoms with Gasteiger partial charge in [0, 0.05) is 37.8 Å². The van der Waals surface area contributed by atoms with Gasteiger partial charge < -0.3 is 20.1 Å². The second-order valence-corrected chi connectivity index (χ2v) is 12.9. The lowest BCUT2D eigenvalue weighted by Gasteiger charge is -2.30. The first-order valence-corrected chi connectivity index (χ1v) is 15.4. The van der Waals surface area contributed by atoms with Gasteiger partial charge in [0.1, 0.15) is 11.8 Å². The number of carbonyl (C=O) groups is 3. The van der Waals surface area contributed by atoms with Gasteiger partial charge in [0.05, 0.1) is 27.1 Å². The standard InChI is InChI=1S/C29H26Cl2N2O7S/c1-41(38,39)20-4-2-3-16(11-20)12-23(29(36)37)32-27(34)25-22(30)13-19-15-33(9-7-21(19)26(25)31)28(35)18-6-5-17-8-10-40-24(17)14-18/h2-6,11,13-14,23H,7-10,12,15H2,1H3,(H,32,34)(H,36,37)/t23-/m0/s1. The summed E-state index contributed by atoms with van der Waals surface area (Å²) in [5, 5.41) is 12.4. The average molecular weight is 618 g/mol. The summed E-state index contributed by atoms with van der Waals surface area (Å²) in [5.41, 5.74) is 3.31. The highest BCUT2D eigenvalue weighted by Crippen LogP contribution is 2.35. The minimum absolute atomic E-state index is 0.0229. The molecule has 0 aromatic heterocycles. The van der Waals surface area contributed by atoms with Crippen molar-refractivity contribution in [3.05, 3.63) is 92.0 Å². The third-order valence-corrected chi connectivity index (χ3v) is 9.06. The molecule has 3 aromatic carbocycles. The van der Waals surface area contributed by atoms with Crippen molar-refractivity contribution in [3.8, 4) is 5.75 Å². The van der Waals surface area contributed by atoms with Gasteiger partial charge in [-0.25, -0.2) is 13.2 Å². The van der Waals surface area contributed by atoms with E-state index in [4.69, 9.17) is 27.9 Å². The topological polar surface area (TPSA) is 130 Å². The summed E-state index contributed by atoms with van der Waals surface area (Å²) in [6.07, 6.45) is 2.09. The highest BCUT2D eigenvalue weighted by molar-refractivity contribution is 7.90. The Hall–Kier alpha value is -3.60. The van der Waals surface area contributed by atoms with E-state index >= 15 is 0 Å². The molecule has 2 N–H and O–H groups in total. The van der Waals surface area contributed by atoms with Crippen LogP contribution in [0.2, 0.25) is 10.0 Å². The Kier molecular flexibility index (Phi) is 8.00. The number of carboxylic acid groups (broad SMARTS) is 1. The van der Waals surface area contributed by atoms with E-state index in [9.17, 15) is 27.9 Å². The molecule has 2 aliphatic heterocycles. The Labute approximate surface area is 246 Å². The first-order valence-electron chi connectivity index (χ1n) is 12.8. The van der Waals surface area contributed by atoms with Gasteiger partial charge in [-0.15, -0.1) is 0 Å². The van der Waals surface area contributed by atoms with Gasteiger partial charge in [0.15, 0.2) is 9.84 Å². The zero-order valence-corrected chi connectivity index (χ0v) is 24.3. The SMILES string of the molecule is CS(=O)(=O)c1cccc(C[C@H](NC(=O)c2c(Cl)cc3c(c2Cl)CCN(C(=O)c2ccc4c(c2)OCC4)C3)C(=O)O)c1. The van der Waals surface area contributed by atoms with Crippen molar-refractivity contribution < 1.29 is 32.6 Å². The van der Waals surface area contributed by atoms with E-state index in [1.807, 2.05) is 6.07 Å². The second kappa shape index (κ2) is 11.3. The number of aliphatic carboxylic acids is 1. The Bertz CT molecular complexity index is 1690. The highest BCUT2D eigenvalue weighted by Gasteiger charge is 2.30. The van der Waals surface area contributed by atoms with Crippen LogP contribution in [0.1, 0.15) is 43.0 Å². The summed E-state index contributed by atoms with van der Waals surface area (Å²) < 4.78 is 29.4. The summed E-state index contributed by atoms with van der Waals surface area (Å²) in [7, 11) is -3.50. The molecule has 0 unspecified atom stereocenters. The molecule has 2 aliphatic rings. The molecule has 2 amide bonds. The van der Waals surface area contributed by atoms with Crippen LogP contribution in [0.5, 0.6) is 5.75 Å². The molecule has 0 saturated heterocycles. The number of fused-ring (bicyclic) bond motifs is 2. The summed E-state index contributed by atoms with van der Waals surface area (Å²) in [4.78, 5) is 40.2. The van der Waals surface area contributed by atoms with Crippen molar-refractivity contribution in [1.29, 1.82) is 0 Å². The van der Waals surface area contributed by atoms with Crippen LogP contribution in [-0.2, 0) is 40.4 Å². The molecule has 3 aromatic rings. The second-order valence-electron chi connectivity index (χ2n) is 10.1. The van der Waals surface area contributed by atoms with Gasteiger partial charge in [-0.3, -0.25) is 9.59 Å². The van der Waals surface area contributed by atoms with E-state index in [1.54, 1.807) is 29.2 Å². The number of carboxylic acids is 1. The maximum Gasteiger partial charge on any atom is 0.326 e. The summed E-state index contributed by atoms with van der Waals surface area (Å²) >= 11 is 13.1. The molecule has 41 heavy (non-hydrogen) atoms. The van der Waals surface area contributed by atoms with E-state index in [1.165, 1.54) is 18.2 Å². The lowest BCUT2D eigenvalue weighted by molar-refractivity contribution is -0.139. The number of nitrogens with one attached hydrogen (secondary N) is 1. The number of rotatable bonds is 7.